The van der Waals surface area contributed by atoms with Crippen LogP contribution in [0.25, 0.3) is 0 Å². The molecule has 0 saturated carbocycles. The second-order valence-corrected chi connectivity index (χ2v) is 6.40. The third-order valence-corrected chi connectivity index (χ3v) is 3.90. The second kappa shape index (κ2) is 10.2. The number of non-ortho nitro benzene ring substituents is 1. The molecule has 0 radical (unpaired) electrons. The van der Waals surface area contributed by atoms with E-state index in [-0.39, 0.29) is 29.8 Å². The van der Waals surface area contributed by atoms with Crippen molar-refractivity contribution in [3.8, 4) is 0 Å². The number of nitrogens with zero attached hydrogens (tertiary/aromatic N) is 1. The molecule has 2 N–H and O–H groups in total. The van der Waals surface area contributed by atoms with Crippen molar-refractivity contribution in [1.82, 2.24) is 10.6 Å². The minimum Gasteiger partial charge on any atom is -0.374 e. The van der Waals surface area contributed by atoms with Gasteiger partial charge in [-0.15, -0.1) is 0 Å². The SMILES string of the molecule is CC(C)OCc1ccccc1CNC(=O)CNC(=O)c1cccc([N+](=O)[O-])c1. The minimum atomic E-state index is -0.579. The number of nitro groups is 1. The number of rotatable bonds is 9. The zero-order valence-electron chi connectivity index (χ0n) is 15.8. The van der Waals surface area contributed by atoms with Crippen molar-refractivity contribution in [2.45, 2.75) is 33.1 Å². The van der Waals surface area contributed by atoms with E-state index < -0.39 is 10.8 Å². The third-order valence-electron chi connectivity index (χ3n) is 3.90. The van der Waals surface area contributed by atoms with E-state index in [9.17, 15) is 19.7 Å². The van der Waals surface area contributed by atoms with Gasteiger partial charge in [-0.05, 0) is 31.0 Å². The van der Waals surface area contributed by atoms with Crippen molar-refractivity contribution in [2.24, 2.45) is 0 Å². The summed E-state index contributed by atoms with van der Waals surface area (Å²) in [6.07, 6.45) is 0.103. The smallest absolute Gasteiger partial charge is 0.270 e. The Kier molecular flexibility index (Phi) is 7.65. The van der Waals surface area contributed by atoms with E-state index in [1.807, 2.05) is 38.1 Å². The molecule has 0 aliphatic heterocycles. The number of ether oxygens (including phenoxy) is 1. The molecule has 2 rings (SSSR count). The molecular formula is C20H23N3O5. The first kappa shape index (κ1) is 21.0. The fraction of sp³-hybridized carbons (Fsp3) is 0.300. The average molecular weight is 385 g/mol. The van der Waals surface area contributed by atoms with Crippen molar-refractivity contribution in [3.63, 3.8) is 0 Å². The van der Waals surface area contributed by atoms with Gasteiger partial charge in [-0.1, -0.05) is 30.3 Å². The van der Waals surface area contributed by atoms with Crippen molar-refractivity contribution in [3.05, 3.63) is 75.3 Å². The number of nitro benzene ring substituents is 1. The number of hydrogen-bond donors (Lipinski definition) is 2. The third kappa shape index (κ3) is 6.48. The lowest BCUT2D eigenvalue weighted by molar-refractivity contribution is -0.384. The van der Waals surface area contributed by atoms with Crippen LogP contribution in [0.4, 0.5) is 5.69 Å². The maximum absolute atomic E-state index is 12.1. The summed E-state index contributed by atoms with van der Waals surface area (Å²) in [4.78, 5) is 34.3. The maximum Gasteiger partial charge on any atom is 0.270 e. The average Bonchev–Trinajstić information content (AvgIpc) is 2.69. The highest BCUT2D eigenvalue weighted by Gasteiger charge is 2.12. The molecule has 2 aromatic carbocycles. The molecule has 0 heterocycles. The lowest BCUT2D eigenvalue weighted by atomic mass is 10.1. The summed E-state index contributed by atoms with van der Waals surface area (Å²) in [6.45, 7) is 4.44. The Bertz CT molecular complexity index is 851. The van der Waals surface area contributed by atoms with Gasteiger partial charge in [-0.3, -0.25) is 19.7 Å². The summed E-state index contributed by atoms with van der Waals surface area (Å²) in [5.41, 5.74) is 1.86. The topological polar surface area (TPSA) is 111 Å². The first-order valence-corrected chi connectivity index (χ1v) is 8.84. The Balaban J connectivity index is 1.86. The molecule has 2 amide bonds. The number of hydrogen-bond acceptors (Lipinski definition) is 5. The van der Waals surface area contributed by atoms with Gasteiger partial charge in [0.15, 0.2) is 0 Å². The molecule has 8 heteroatoms. The Morgan fingerprint density at radius 1 is 1.07 bits per heavy atom. The molecule has 28 heavy (non-hydrogen) atoms. The van der Waals surface area contributed by atoms with Crippen LogP contribution in [0.1, 0.15) is 35.3 Å². The van der Waals surface area contributed by atoms with E-state index >= 15 is 0 Å². The quantitative estimate of drug-likeness (QED) is 0.509. The van der Waals surface area contributed by atoms with Crippen LogP contribution in [0.2, 0.25) is 0 Å². The molecule has 0 saturated heterocycles. The largest absolute Gasteiger partial charge is 0.374 e. The van der Waals surface area contributed by atoms with Crippen molar-refractivity contribution in [2.75, 3.05) is 6.54 Å². The minimum absolute atomic E-state index is 0.103. The zero-order valence-corrected chi connectivity index (χ0v) is 15.8. The normalized spacial score (nSPS) is 10.5. The molecule has 0 aliphatic carbocycles. The lowest BCUT2D eigenvalue weighted by Gasteiger charge is -2.13. The van der Waals surface area contributed by atoms with Gasteiger partial charge in [0.25, 0.3) is 11.6 Å². The predicted octanol–water partition coefficient (Wildman–Crippen LogP) is 2.57. The number of benzene rings is 2. The van der Waals surface area contributed by atoms with E-state index in [1.54, 1.807) is 0 Å². The van der Waals surface area contributed by atoms with Crippen LogP contribution in [0.5, 0.6) is 0 Å². The predicted molar refractivity (Wildman–Crippen MR) is 104 cm³/mol. The van der Waals surface area contributed by atoms with Crippen LogP contribution < -0.4 is 10.6 Å². The summed E-state index contributed by atoms with van der Waals surface area (Å²) in [6, 6.07) is 13.0. The van der Waals surface area contributed by atoms with Gasteiger partial charge in [-0.2, -0.15) is 0 Å². The first-order valence-electron chi connectivity index (χ1n) is 8.84. The van der Waals surface area contributed by atoms with Crippen LogP contribution in [-0.2, 0) is 22.7 Å². The Morgan fingerprint density at radius 2 is 1.79 bits per heavy atom. The summed E-state index contributed by atoms with van der Waals surface area (Å²) < 4.78 is 5.61. The van der Waals surface area contributed by atoms with Gasteiger partial charge in [0, 0.05) is 24.2 Å². The maximum atomic E-state index is 12.1. The molecule has 0 aromatic heterocycles. The molecule has 0 aliphatic rings. The fourth-order valence-electron chi connectivity index (χ4n) is 2.41. The number of carbonyl (C=O) groups is 2. The van der Waals surface area contributed by atoms with Gasteiger partial charge >= 0.3 is 0 Å². The highest BCUT2D eigenvalue weighted by atomic mass is 16.6. The number of carbonyl (C=O) groups excluding carboxylic acids is 2. The molecule has 8 nitrogen and oxygen atoms in total. The second-order valence-electron chi connectivity index (χ2n) is 6.40. The fourth-order valence-corrected chi connectivity index (χ4v) is 2.41. The molecule has 0 atom stereocenters. The van der Waals surface area contributed by atoms with E-state index in [0.29, 0.717) is 13.2 Å². The van der Waals surface area contributed by atoms with Crippen molar-refractivity contribution < 1.29 is 19.2 Å². The van der Waals surface area contributed by atoms with E-state index in [2.05, 4.69) is 10.6 Å². The van der Waals surface area contributed by atoms with Gasteiger partial charge in [-0.25, -0.2) is 0 Å². The zero-order chi connectivity index (χ0) is 20.5. The summed E-state index contributed by atoms with van der Waals surface area (Å²) >= 11 is 0. The van der Waals surface area contributed by atoms with Gasteiger partial charge < -0.3 is 15.4 Å². The van der Waals surface area contributed by atoms with Gasteiger partial charge in [0.05, 0.1) is 24.2 Å². The lowest BCUT2D eigenvalue weighted by Crippen LogP contribution is -2.36. The Morgan fingerprint density at radius 3 is 2.46 bits per heavy atom. The Hall–Kier alpha value is -3.26. The number of nitrogens with one attached hydrogen (secondary N) is 2. The van der Waals surface area contributed by atoms with Crippen molar-refractivity contribution in [1.29, 1.82) is 0 Å². The number of amides is 2. The molecule has 0 bridgehead atoms. The molecule has 0 fully saturated rings. The van der Waals surface area contributed by atoms with E-state index in [0.717, 1.165) is 17.2 Å². The highest BCUT2D eigenvalue weighted by Crippen LogP contribution is 2.13. The summed E-state index contributed by atoms with van der Waals surface area (Å²) in [5, 5.41) is 16.0. The van der Waals surface area contributed by atoms with E-state index in [1.165, 1.54) is 18.2 Å². The van der Waals surface area contributed by atoms with Crippen LogP contribution in [0.3, 0.4) is 0 Å². The van der Waals surface area contributed by atoms with Crippen LogP contribution in [0, 0.1) is 10.1 Å². The molecular weight excluding hydrogens is 362 g/mol. The molecule has 2 aromatic rings. The Labute approximate surface area is 163 Å². The first-order chi connectivity index (χ1) is 13.4. The molecule has 0 spiro atoms. The molecule has 0 unspecified atom stereocenters. The van der Waals surface area contributed by atoms with Crippen LogP contribution in [-0.4, -0.2) is 29.4 Å². The molecule has 148 valence electrons. The van der Waals surface area contributed by atoms with Crippen LogP contribution >= 0.6 is 0 Å². The van der Waals surface area contributed by atoms with Crippen LogP contribution in [0.15, 0.2) is 48.5 Å². The summed E-state index contributed by atoms with van der Waals surface area (Å²) in [7, 11) is 0. The van der Waals surface area contributed by atoms with E-state index in [4.69, 9.17) is 4.74 Å². The van der Waals surface area contributed by atoms with Gasteiger partial charge in [0.1, 0.15) is 0 Å². The monoisotopic (exact) mass is 385 g/mol. The standard InChI is InChI=1S/C20H23N3O5/c1-14(2)28-13-17-7-4-3-6-16(17)11-21-19(24)12-22-20(25)15-8-5-9-18(10-15)23(26)27/h3-10,14H,11-13H2,1-2H3,(H,21,24)(H,22,25). The highest BCUT2D eigenvalue weighted by molar-refractivity contribution is 5.96. The summed E-state index contributed by atoms with van der Waals surface area (Å²) in [5.74, 6) is -0.914. The van der Waals surface area contributed by atoms with Crippen molar-refractivity contribution >= 4 is 17.5 Å². The van der Waals surface area contributed by atoms with Gasteiger partial charge in [0.2, 0.25) is 5.91 Å².